The Morgan fingerprint density at radius 3 is 2.62 bits per heavy atom. The molecule has 1 N–H and O–H groups in total. The maximum atomic E-state index is 12.6. The second-order valence-corrected chi connectivity index (χ2v) is 9.54. The summed E-state index contributed by atoms with van der Waals surface area (Å²) in [6.45, 7) is -2.64. The highest BCUT2D eigenvalue weighted by Crippen LogP contribution is 2.46. The normalized spacial score (nSPS) is 13.4. The highest BCUT2D eigenvalue weighted by molar-refractivity contribution is 6.39. The molecule has 1 aromatic carbocycles. The molecule has 3 heterocycles. The monoisotopic (exact) mass is 592 g/mol. The predicted octanol–water partition coefficient (Wildman–Crippen LogP) is 6.54. The number of pyridine rings is 1. The Morgan fingerprint density at radius 1 is 1.15 bits per heavy atom. The summed E-state index contributed by atoms with van der Waals surface area (Å²) in [7, 11) is 0. The fraction of sp³-hybridized carbons (Fsp3) is 0.269. The number of carboxylic acid groups (broad SMARTS) is 1. The molecule has 40 heavy (non-hydrogen) atoms. The van der Waals surface area contributed by atoms with Crippen LogP contribution in [0.3, 0.4) is 0 Å². The predicted molar refractivity (Wildman–Crippen MR) is 139 cm³/mol. The van der Waals surface area contributed by atoms with E-state index in [1.807, 2.05) is 12.2 Å². The number of carbonyl (C=O) groups is 1. The summed E-state index contributed by atoms with van der Waals surface area (Å²) in [4.78, 5) is 19.5. The zero-order valence-corrected chi connectivity index (χ0v) is 22.0. The number of aromatic nitrogens is 4. The van der Waals surface area contributed by atoms with Crippen molar-refractivity contribution in [2.24, 2.45) is 0 Å². The molecule has 1 aliphatic rings. The third-order valence-corrected chi connectivity index (χ3v) is 6.43. The van der Waals surface area contributed by atoms with Gasteiger partial charge in [0.1, 0.15) is 17.2 Å². The average Bonchev–Trinajstić information content (AvgIpc) is 3.50. The van der Waals surface area contributed by atoms with Gasteiger partial charge in [0.25, 0.3) is 0 Å². The average molecular weight is 593 g/mol. The summed E-state index contributed by atoms with van der Waals surface area (Å²) in [6.07, 6.45) is 8.93. The molecule has 0 unspecified atom stereocenters. The van der Waals surface area contributed by atoms with Crippen LogP contribution in [-0.2, 0) is 11.2 Å². The Labute approximate surface area is 235 Å². The molecule has 0 atom stereocenters. The topological polar surface area (TPSA) is 134 Å². The van der Waals surface area contributed by atoms with E-state index in [0.29, 0.717) is 27.2 Å². The molecule has 208 valence electrons. The molecule has 14 heteroatoms. The zero-order valence-electron chi connectivity index (χ0n) is 20.5. The second-order valence-electron chi connectivity index (χ2n) is 8.73. The lowest BCUT2D eigenvalue weighted by molar-refractivity contribution is -0.0498. The highest BCUT2D eigenvalue weighted by atomic mass is 35.5. The number of alkyl halides is 2. The molecule has 5 rings (SSSR count). The maximum Gasteiger partial charge on any atom is 0.387 e. The lowest BCUT2D eigenvalue weighted by Crippen LogP contribution is -2.04. The van der Waals surface area contributed by atoms with E-state index in [-0.39, 0.29) is 48.2 Å². The molecule has 1 aliphatic carbocycles. The number of rotatable bonds is 12. The summed E-state index contributed by atoms with van der Waals surface area (Å²) in [6, 6.07) is 3.42. The number of benzene rings is 1. The third kappa shape index (κ3) is 6.46. The van der Waals surface area contributed by atoms with Crippen LogP contribution in [0.15, 0.2) is 45.7 Å². The molecule has 0 aliphatic heterocycles. The molecule has 0 amide bonds. The lowest BCUT2D eigenvalue weighted by atomic mass is 10.0. The van der Waals surface area contributed by atoms with Crippen molar-refractivity contribution >= 4 is 35.2 Å². The van der Waals surface area contributed by atoms with Crippen molar-refractivity contribution in [3.63, 3.8) is 0 Å². The van der Waals surface area contributed by atoms with Crippen LogP contribution in [0, 0.1) is 0 Å². The molecule has 0 saturated heterocycles. The first-order valence-corrected chi connectivity index (χ1v) is 12.7. The standard InChI is InChI=1S/C26H20Cl2F2N4O6/c27-18-11-31-12-19(28)21(18)22-17(23(40-33-22)13-3-4-13)2-1-6-37-7-5-20-32-24(34-39-20)14-8-15(25(35)36)10-16(9-14)38-26(29)30/h1-2,8-13,26H,3-7H2,(H,35,36)/b2-1+. The van der Waals surface area contributed by atoms with Gasteiger partial charge in [-0.1, -0.05) is 45.7 Å². The molecule has 0 bridgehead atoms. The summed E-state index contributed by atoms with van der Waals surface area (Å²) in [5.41, 5.74) is 1.75. The fourth-order valence-electron chi connectivity index (χ4n) is 3.90. The summed E-state index contributed by atoms with van der Waals surface area (Å²) < 4.78 is 46.1. The molecule has 4 aromatic rings. The van der Waals surface area contributed by atoms with Gasteiger partial charge in [-0.3, -0.25) is 4.98 Å². The largest absolute Gasteiger partial charge is 0.478 e. The van der Waals surface area contributed by atoms with Crippen LogP contribution in [0.2, 0.25) is 10.0 Å². The fourth-order valence-corrected chi connectivity index (χ4v) is 4.45. The van der Waals surface area contributed by atoms with Crippen LogP contribution in [0.1, 0.15) is 46.3 Å². The van der Waals surface area contributed by atoms with E-state index in [0.717, 1.165) is 30.2 Å². The van der Waals surface area contributed by atoms with Crippen molar-refractivity contribution in [3.8, 4) is 28.4 Å². The highest BCUT2D eigenvalue weighted by Gasteiger charge is 2.32. The number of hydrogen-bond acceptors (Lipinski definition) is 9. The Balaban J connectivity index is 1.21. The van der Waals surface area contributed by atoms with Crippen molar-refractivity contribution in [1.29, 1.82) is 0 Å². The van der Waals surface area contributed by atoms with Gasteiger partial charge in [0.05, 0.1) is 35.2 Å². The van der Waals surface area contributed by atoms with Gasteiger partial charge < -0.3 is 23.6 Å². The number of hydrogen-bond donors (Lipinski definition) is 1. The SMILES string of the molecule is O=C(O)c1cc(OC(F)F)cc(-c2noc(CCOC/C=C/c3c(-c4c(Cl)cncc4Cl)noc3C3CC3)n2)c1. The van der Waals surface area contributed by atoms with Crippen molar-refractivity contribution in [2.75, 3.05) is 13.2 Å². The first kappa shape index (κ1) is 27.7. The van der Waals surface area contributed by atoms with E-state index in [1.54, 1.807) is 0 Å². The molecule has 1 fully saturated rings. The van der Waals surface area contributed by atoms with Gasteiger partial charge in [0, 0.05) is 35.0 Å². The Hall–Kier alpha value is -3.87. The minimum Gasteiger partial charge on any atom is -0.478 e. The van der Waals surface area contributed by atoms with Gasteiger partial charge in [-0.15, -0.1) is 0 Å². The first-order valence-electron chi connectivity index (χ1n) is 12.0. The van der Waals surface area contributed by atoms with E-state index >= 15 is 0 Å². The Kier molecular flexibility index (Phi) is 8.38. The van der Waals surface area contributed by atoms with Gasteiger partial charge >= 0.3 is 12.6 Å². The summed E-state index contributed by atoms with van der Waals surface area (Å²) >= 11 is 12.7. The molecule has 0 spiro atoms. The molecular weight excluding hydrogens is 573 g/mol. The van der Waals surface area contributed by atoms with Gasteiger partial charge in [-0.05, 0) is 31.0 Å². The van der Waals surface area contributed by atoms with Crippen LogP contribution < -0.4 is 4.74 Å². The maximum absolute atomic E-state index is 12.6. The molecule has 10 nitrogen and oxygen atoms in total. The number of carboxylic acids is 1. The Bertz CT molecular complexity index is 1530. The van der Waals surface area contributed by atoms with E-state index < -0.39 is 12.6 Å². The van der Waals surface area contributed by atoms with E-state index in [9.17, 15) is 18.7 Å². The number of ether oxygens (including phenoxy) is 2. The molecule has 0 radical (unpaired) electrons. The van der Waals surface area contributed by atoms with E-state index in [1.165, 1.54) is 24.5 Å². The van der Waals surface area contributed by atoms with Crippen LogP contribution in [0.4, 0.5) is 8.78 Å². The molecule has 1 saturated carbocycles. The van der Waals surface area contributed by atoms with Crippen molar-refractivity contribution in [3.05, 3.63) is 69.5 Å². The second kappa shape index (κ2) is 12.1. The van der Waals surface area contributed by atoms with Gasteiger partial charge in [-0.2, -0.15) is 13.8 Å². The van der Waals surface area contributed by atoms with Crippen molar-refractivity contribution in [2.45, 2.75) is 31.8 Å². The minimum absolute atomic E-state index is 0.0261. The van der Waals surface area contributed by atoms with E-state index in [4.69, 9.17) is 37.0 Å². The van der Waals surface area contributed by atoms with Crippen LogP contribution in [-0.4, -0.2) is 51.2 Å². The van der Waals surface area contributed by atoms with Crippen LogP contribution >= 0.6 is 23.2 Å². The summed E-state index contributed by atoms with van der Waals surface area (Å²) in [5, 5.41) is 18.0. The quantitative estimate of drug-likeness (QED) is 0.180. The van der Waals surface area contributed by atoms with E-state index in [2.05, 4.69) is 25.0 Å². The number of aromatic carboxylic acids is 1. The van der Waals surface area contributed by atoms with Gasteiger partial charge in [-0.25, -0.2) is 4.79 Å². The first-order chi connectivity index (χ1) is 19.3. The van der Waals surface area contributed by atoms with Crippen LogP contribution in [0.25, 0.3) is 28.7 Å². The molecular formula is C26H20Cl2F2N4O6. The smallest absolute Gasteiger partial charge is 0.387 e. The zero-order chi connectivity index (χ0) is 28.2. The third-order valence-electron chi connectivity index (χ3n) is 5.86. The minimum atomic E-state index is -3.12. The van der Waals surface area contributed by atoms with Crippen LogP contribution in [0.5, 0.6) is 5.75 Å². The van der Waals surface area contributed by atoms with Gasteiger partial charge in [0.15, 0.2) is 0 Å². The molecule has 3 aromatic heterocycles. The lowest BCUT2D eigenvalue weighted by Gasteiger charge is -2.07. The Morgan fingerprint density at radius 2 is 1.93 bits per heavy atom. The number of halogens is 4. The van der Waals surface area contributed by atoms with Crippen molar-refractivity contribution < 1.29 is 37.2 Å². The van der Waals surface area contributed by atoms with Crippen molar-refractivity contribution in [1.82, 2.24) is 20.3 Å². The number of nitrogens with zero attached hydrogens (tertiary/aromatic N) is 4. The van der Waals surface area contributed by atoms with Gasteiger partial charge in [0.2, 0.25) is 11.7 Å². The summed E-state index contributed by atoms with van der Waals surface area (Å²) in [5.74, 6) is -0.348.